The fourth-order valence-corrected chi connectivity index (χ4v) is 2.15. The van der Waals surface area contributed by atoms with Gasteiger partial charge in [0, 0.05) is 10.7 Å². The predicted octanol–water partition coefficient (Wildman–Crippen LogP) is 3.58. The summed E-state index contributed by atoms with van der Waals surface area (Å²) in [6.07, 6.45) is -0.767. The third kappa shape index (κ3) is 4.48. The van der Waals surface area contributed by atoms with E-state index in [1.807, 2.05) is 30.3 Å². The normalized spacial score (nSPS) is 13.3. The number of nitrogens with one attached hydrogen (secondary N) is 2. The highest BCUT2D eigenvalue weighted by Crippen LogP contribution is 2.17. The molecule has 0 unspecified atom stereocenters. The molecule has 2 atom stereocenters. The van der Waals surface area contributed by atoms with E-state index in [4.69, 9.17) is 11.6 Å². The third-order valence-electron chi connectivity index (χ3n) is 3.06. The van der Waals surface area contributed by atoms with Gasteiger partial charge in [0.15, 0.2) is 0 Å². The minimum Gasteiger partial charge on any atom is -0.386 e. The Balaban J connectivity index is 1.93. The van der Waals surface area contributed by atoms with Crippen molar-refractivity contribution in [3.8, 4) is 0 Å². The monoisotopic (exact) mass is 304 g/mol. The lowest BCUT2D eigenvalue weighted by Crippen LogP contribution is -2.39. The lowest BCUT2D eigenvalue weighted by Gasteiger charge is -2.20. The summed E-state index contributed by atoms with van der Waals surface area (Å²) in [5.41, 5.74) is 1.36. The molecule has 4 nitrogen and oxygen atoms in total. The summed E-state index contributed by atoms with van der Waals surface area (Å²) in [5.74, 6) is 0. The Kier molecular flexibility index (Phi) is 5.20. The van der Waals surface area contributed by atoms with Crippen LogP contribution in [-0.4, -0.2) is 17.2 Å². The van der Waals surface area contributed by atoms with Crippen LogP contribution in [0.3, 0.4) is 0 Å². The molecule has 21 heavy (non-hydrogen) atoms. The minimum atomic E-state index is -0.767. The van der Waals surface area contributed by atoms with Crippen molar-refractivity contribution in [2.75, 3.05) is 5.32 Å². The molecule has 0 spiro atoms. The van der Waals surface area contributed by atoms with Gasteiger partial charge in [-0.3, -0.25) is 0 Å². The number of halogens is 1. The summed E-state index contributed by atoms with van der Waals surface area (Å²) >= 11 is 5.85. The van der Waals surface area contributed by atoms with Crippen LogP contribution in [0.1, 0.15) is 18.6 Å². The fourth-order valence-electron chi connectivity index (χ4n) is 1.96. The molecule has 0 aromatic heterocycles. The first-order valence-electron chi connectivity index (χ1n) is 6.62. The summed E-state index contributed by atoms with van der Waals surface area (Å²) < 4.78 is 0. The van der Waals surface area contributed by atoms with Crippen LogP contribution in [0.15, 0.2) is 54.6 Å². The predicted molar refractivity (Wildman–Crippen MR) is 84.5 cm³/mol. The van der Waals surface area contributed by atoms with Gasteiger partial charge in [0.25, 0.3) is 0 Å². The van der Waals surface area contributed by atoms with E-state index in [1.165, 1.54) is 0 Å². The van der Waals surface area contributed by atoms with Gasteiger partial charge in [-0.05, 0) is 30.7 Å². The minimum absolute atomic E-state index is 0.389. The molecule has 3 N–H and O–H groups in total. The van der Waals surface area contributed by atoms with Crippen molar-refractivity contribution >= 4 is 23.3 Å². The lowest BCUT2D eigenvalue weighted by atomic mass is 10.0. The maximum absolute atomic E-state index is 11.9. The molecule has 0 saturated heterocycles. The van der Waals surface area contributed by atoms with Crippen LogP contribution >= 0.6 is 11.6 Å². The molecule has 2 amide bonds. The van der Waals surface area contributed by atoms with Crippen LogP contribution in [0, 0.1) is 0 Å². The average molecular weight is 305 g/mol. The molecule has 2 rings (SSSR count). The molecule has 2 aromatic carbocycles. The van der Waals surface area contributed by atoms with E-state index in [-0.39, 0.29) is 6.03 Å². The second kappa shape index (κ2) is 7.11. The number of carbonyl (C=O) groups excluding carboxylic acids is 1. The van der Waals surface area contributed by atoms with Gasteiger partial charge in [-0.25, -0.2) is 4.79 Å². The van der Waals surface area contributed by atoms with Crippen LogP contribution < -0.4 is 10.6 Å². The van der Waals surface area contributed by atoms with Gasteiger partial charge in [0.2, 0.25) is 0 Å². The quantitative estimate of drug-likeness (QED) is 0.808. The van der Waals surface area contributed by atoms with E-state index in [9.17, 15) is 9.90 Å². The van der Waals surface area contributed by atoms with Crippen molar-refractivity contribution in [2.24, 2.45) is 0 Å². The molecule has 110 valence electrons. The number of hydrogen-bond acceptors (Lipinski definition) is 2. The maximum atomic E-state index is 11.9. The second-order valence-corrected chi connectivity index (χ2v) is 5.19. The van der Waals surface area contributed by atoms with Crippen LogP contribution in [0.25, 0.3) is 0 Å². The summed E-state index contributed by atoms with van der Waals surface area (Å²) in [6, 6.07) is 15.3. The van der Waals surface area contributed by atoms with Crippen molar-refractivity contribution < 1.29 is 9.90 Å². The maximum Gasteiger partial charge on any atom is 0.319 e. The molecule has 0 bridgehead atoms. The van der Waals surface area contributed by atoms with E-state index in [0.29, 0.717) is 10.7 Å². The summed E-state index contributed by atoms with van der Waals surface area (Å²) in [7, 11) is 0. The summed E-state index contributed by atoms with van der Waals surface area (Å²) in [6.45, 7) is 1.75. The van der Waals surface area contributed by atoms with Crippen molar-refractivity contribution in [1.29, 1.82) is 0 Å². The van der Waals surface area contributed by atoms with Crippen LogP contribution in [0.5, 0.6) is 0 Å². The number of benzene rings is 2. The molecule has 0 radical (unpaired) electrons. The van der Waals surface area contributed by atoms with Crippen LogP contribution in [0.2, 0.25) is 5.02 Å². The number of amides is 2. The molecule has 5 heteroatoms. The topological polar surface area (TPSA) is 61.4 Å². The highest BCUT2D eigenvalue weighted by molar-refractivity contribution is 6.30. The smallest absolute Gasteiger partial charge is 0.319 e. The van der Waals surface area contributed by atoms with Crippen LogP contribution in [-0.2, 0) is 0 Å². The number of anilines is 1. The van der Waals surface area contributed by atoms with Crippen molar-refractivity contribution in [3.05, 3.63) is 65.2 Å². The third-order valence-corrected chi connectivity index (χ3v) is 3.29. The van der Waals surface area contributed by atoms with Crippen molar-refractivity contribution in [2.45, 2.75) is 19.1 Å². The average Bonchev–Trinajstić information content (AvgIpc) is 2.47. The van der Waals surface area contributed by atoms with E-state index in [1.54, 1.807) is 31.2 Å². The molecular weight excluding hydrogens is 288 g/mol. The zero-order valence-corrected chi connectivity index (χ0v) is 12.3. The van der Waals surface area contributed by atoms with E-state index >= 15 is 0 Å². The molecule has 0 aliphatic carbocycles. The summed E-state index contributed by atoms with van der Waals surface area (Å²) in [5, 5.41) is 16.1. The lowest BCUT2D eigenvalue weighted by molar-refractivity contribution is 0.139. The fraction of sp³-hybridized carbons (Fsp3) is 0.188. The Bertz CT molecular complexity index is 604. The number of aliphatic hydroxyl groups is 1. The molecular formula is C16H17ClN2O2. The Hall–Kier alpha value is -2.04. The standard InChI is InChI=1S/C16H17ClN2O2/c1-11(15(20)12-6-3-2-4-7-12)18-16(21)19-14-9-5-8-13(17)10-14/h2-11,15,20H,1H3,(H2,18,19,21)/t11-,15+/m0/s1. The van der Waals surface area contributed by atoms with Crippen LogP contribution in [0.4, 0.5) is 10.5 Å². The highest BCUT2D eigenvalue weighted by atomic mass is 35.5. The first kappa shape index (κ1) is 15.4. The molecule has 0 heterocycles. The number of aliphatic hydroxyl groups excluding tert-OH is 1. The molecule has 0 aliphatic heterocycles. The zero-order valence-electron chi connectivity index (χ0n) is 11.6. The number of rotatable bonds is 4. The Labute approximate surface area is 128 Å². The van der Waals surface area contributed by atoms with Gasteiger partial charge in [-0.2, -0.15) is 0 Å². The number of urea groups is 1. The largest absolute Gasteiger partial charge is 0.386 e. The van der Waals surface area contributed by atoms with E-state index in [2.05, 4.69) is 10.6 Å². The zero-order chi connectivity index (χ0) is 15.2. The van der Waals surface area contributed by atoms with E-state index < -0.39 is 12.1 Å². The Morgan fingerprint density at radius 2 is 1.86 bits per heavy atom. The molecule has 2 aromatic rings. The summed E-state index contributed by atoms with van der Waals surface area (Å²) in [4.78, 5) is 11.9. The second-order valence-electron chi connectivity index (χ2n) is 4.75. The number of carbonyl (C=O) groups is 1. The first-order chi connectivity index (χ1) is 10.1. The highest BCUT2D eigenvalue weighted by Gasteiger charge is 2.18. The van der Waals surface area contributed by atoms with Gasteiger partial charge in [-0.15, -0.1) is 0 Å². The van der Waals surface area contributed by atoms with Gasteiger partial charge >= 0.3 is 6.03 Å². The van der Waals surface area contributed by atoms with Gasteiger partial charge in [0.05, 0.1) is 12.1 Å². The first-order valence-corrected chi connectivity index (χ1v) is 7.00. The van der Waals surface area contributed by atoms with Crippen molar-refractivity contribution in [1.82, 2.24) is 5.32 Å². The SMILES string of the molecule is C[C@H](NC(=O)Nc1cccc(Cl)c1)[C@@H](O)c1ccccc1. The van der Waals surface area contributed by atoms with Gasteiger partial charge < -0.3 is 15.7 Å². The Morgan fingerprint density at radius 1 is 1.14 bits per heavy atom. The van der Waals surface area contributed by atoms with Gasteiger partial charge in [-0.1, -0.05) is 48.0 Å². The van der Waals surface area contributed by atoms with Crippen molar-refractivity contribution in [3.63, 3.8) is 0 Å². The van der Waals surface area contributed by atoms with Gasteiger partial charge in [0.1, 0.15) is 0 Å². The van der Waals surface area contributed by atoms with E-state index in [0.717, 1.165) is 5.56 Å². The number of hydrogen-bond donors (Lipinski definition) is 3. The molecule has 0 fully saturated rings. The molecule has 0 aliphatic rings. The molecule has 0 saturated carbocycles. The Morgan fingerprint density at radius 3 is 2.52 bits per heavy atom.